The molecule has 2 saturated heterocycles. The second kappa shape index (κ2) is 25.0. The van der Waals surface area contributed by atoms with Crippen LogP contribution in [0.2, 0.25) is 0 Å². The van der Waals surface area contributed by atoms with E-state index in [9.17, 15) is 79.1 Å². The minimum absolute atomic E-state index is 0.0616. The first kappa shape index (κ1) is 60.7. The summed E-state index contributed by atoms with van der Waals surface area (Å²) < 4.78 is 210. The fourth-order valence-corrected chi connectivity index (χ4v) is 11.1. The number of rotatable bonds is 12. The lowest BCUT2D eigenvalue weighted by Crippen LogP contribution is -2.45. The predicted molar refractivity (Wildman–Crippen MR) is 254 cm³/mol. The number of carbonyl (C=O) groups excluding carboxylic acids is 2. The lowest BCUT2D eigenvalue weighted by molar-refractivity contribution is -0.145. The monoisotopic (exact) mass is 1210 g/mol. The maximum atomic E-state index is 14.4. The summed E-state index contributed by atoms with van der Waals surface area (Å²) in [4.78, 5) is 37.4. The van der Waals surface area contributed by atoms with Crippen LogP contribution < -0.4 is 16.2 Å². The minimum atomic E-state index is -4.73. The van der Waals surface area contributed by atoms with Crippen molar-refractivity contribution in [1.82, 2.24) is 39.2 Å². The smallest absolute Gasteiger partial charge is 0.422 e. The Morgan fingerprint density at radius 1 is 0.603 bits per heavy atom. The number of benzene rings is 4. The van der Waals surface area contributed by atoms with E-state index in [0.29, 0.717) is 21.2 Å². The van der Waals surface area contributed by atoms with Crippen LogP contribution in [-0.2, 0) is 55.1 Å². The fourth-order valence-electron chi connectivity index (χ4n) is 7.41. The number of halogens is 13. The van der Waals surface area contributed by atoms with Gasteiger partial charge in [-0.15, -0.1) is 0 Å². The third-order valence-corrected chi connectivity index (χ3v) is 15.6. The number of nitrogens with zero attached hydrogens (tertiary/aromatic N) is 6. The van der Waals surface area contributed by atoms with Crippen LogP contribution in [0.25, 0.3) is 11.1 Å². The number of nitrogens with one attached hydrogen (secondary N) is 2. The number of hydrogen-bond acceptors (Lipinski definition) is 12. The molecule has 4 heterocycles. The molecule has 4 atom stereocenters. The average molecular weight is 1210 g/mol. The molecule has 78 heavy (non-hydrogen) atoms. The van der Waals surface area contributed by atoms with Gasteiger partial charge in [0.2, 0.25) is 37.7 Å². The van der Waals surface area contributed by atoms with Gasteiger partial charge >= 0.3 is 19.5 Å². The summed E-state index contributed by atoms with van der Waals surface area (Å²) in [6.07, 6.45) is -10.3. The van der Waals surface area contributed by atoms with Crippen LogP contribution >= 0.6 is 15.9 Å². The van der Waals surface area contributed by atoms with Gasteiger partial charge in [-0.1, -0.05) is 22.0 Å². The van der Waals surface area contributed by atoms with Crippen molar-refractivity contribution in [2.24, 2.45) is 0 Å². The molecule has 2 amide bonds. The van der Waals surface area contributed by atoms with Crippen LogP contribution in [0.5, 0.6) is 0 Å². The van der Waals surface area contributed by atoms with Crippen LogP contribution in [0.15, 0.2) is 124 Å². The Balaban J connectivity index is 0.000000211. The molecule has 16 nitrogen and oxygen atoms in total. The van der Waals surface area contributed by atoms with Crippen LogP contribution in [0, 0.1) is 23.3 Å². The van der Waals surface area contributed by atoms with E-state index in [1.165, 1.54) is 30.3 Å². The molecule has 2 fully saturated rings. The highest BCUT2D eigenvalue weighted by atomic mass is 79.9. The number of sulfonamides is 2. The Bertz CT molecular complexity index is 3310. The van der Waals surface area contributed by atoms with Gasteiger partial charge in [0.1, 0.15) is 47.7 Å². The average Bonchev–Trinajstić information content (AvgIpc) is 4.02. The number of alkyl halides is 8. The summed E-state index contributed by atoms with van der Waals surface area (Å²) >= 11 is 3.20. The van der Waals surface area contributed by atoms with Gasteiger partial charge in [-0.05, 0) is 84.4 Å². The number of carbonyl (C=O) groups is 2. The Labute approximate surface area is 444 Å². The van der Waals surface area contributed by atoms with Crippen molar-refractivity contribution in [3.05, 3.63) is 160 Å². The van der Waals surface area contributed by atoms with E-state index in [1.54, 1.807) is 0 Å². The predicted octanol–water partition coefficient (Wildman–Crippen LogP) is 6.18. The minimum Gasteiger partial charge on any atom is -0.422 e. The van der Waals surface area contributed by atoms with Gasteiger partial charge in [-0.25, -0.2) is 58.1 Å². The van der Waals surface area contributed by atoms with E-state index in [0.717, 1.165) is 71.3 Å². The summed E-state index contributed by atoms with van der Waals surface area (Å²) in [5.74, 6) is -5.52. The molecule has 0 unspecified atom stereocenters. The molecule has 8 rings (SSSR count). The van der Waals surface area contributed by atoms with Crippen molar-refractivity contribution in [2.75, 3.05) is 13.1 Å². The number of amides is 2. The van der Waals surface area contributed by atoms with E-state index in [-0.39, 0.29) is 50.6 Å². The van der Waals surface area contributed by atoms with Gasteiger partial charge in [0.05, 0.1) is 21.6 Å². The molecule has 6 aromatic rings. The van der Waals surface area contributed by atoms with Gasteiger partial charge in [0, 0.05) is 78.8 Å². The zero-order valence-corrected chi connectivity index (χ0v) is 42.5. The maximum Gasteiger partial charge on any atom is 0.509 e. The Hall–Kier alpha value is -6.58. The number of hydrogen-bond donors (Lipinski definition) is 4. The Morgan fingerprint density at radius 3 is 1.46 bits per heavy atom. The van der Waals surface area contributed by atoms with E-state index >= 15 is 0 Å². The van der Waals surface area contributed by atoms with Crippen molar-refractivity contribution in [2.45, 2.75) is 72.5 Å². The Kier molecular flexibility index (Phi) is 19.5. The summed E-state index contributed by atoms with van der Waals surface area (Å²) in [6, 6.07) is 13.0. The first-order chi connectivity index (χ1) is 36.4. The van der Waals surface area contributed by atoms with Gasteiger partial charge in [-0.3, -0.25) is 14.6 Å². The van der Waals surface area contributed by atoms with Gasteiger partial charge in [-0.2, -0.15) is 35.0 Å². The van der Waals surface area contributed by atoms with E-state index in [4.69, 9.17) is 10.0 Å². The highest BCUT2D eigenvalue weighted by Gasteiger charge is 2.46. The van der Waals surface area contributed by atoms with Crippen molar-refractivity contribution in [3.63, 3.8) is 0 Å². The molecule has 0 saturated carbocycles. The van der Waals surface area contributed by atoms with Crippen molar-refractivity contribution in [1.29, 1.82) is 0 Å². The summed E-state index contributed by atoms with van der Waals surface area (Å²) in [7, 11) is -10.4. The molecule has 2 aliphatic heterocycles. The van der Waals surface area contributed by atoms with Crippen molar-refractivity contribution < 1.29 is 89.2 Å². The topological polar surface area (TPSA) is 225 Å². The normalized spacial score (nSPS) is 18.0. The van der Waals surface area contributed by atoms with Crippen molar-refractivity contribution in [3.8, 4) is 11.1 Å². The molecule has 2 aliphatic rings. The van der Waals surface area contributed by atoms with Crippen molar-refractivity contribution >= 4 is 60.5 Å². The van der Waals surface area contributed by atoms with Crippen LogP contribution in [-0.4, -0.2) is 112 Å². The first-order valence-electron chi connectivity index (χ1n) is 22.2. The lowest BCUT2D eigenvalue weighted by atomic mass is 9.87. The molecular formula is C46H38BBrF12N8O8S2. The fraction of sp³-hybridized carbons (Fsp3) is 0.261. The SMILES string of the molecule is O=C(NCc1cc(-c2cnc(C(F)(F)F)nc2)ccc1F)[C@@H]1C[C@@H](F)CN1S(=O)(=O)c1ccc(F)cc1.O=C(NCc1cc(Br)ccc1F)[C@@H]1C[C@@H](F)CN1S(=O)(=O)c1ccc(F)cc1.OB(O)c1cnc(C(F)(F)F)cn1. The molecule has 4 aromatic carbocycles. The van der Waals surface area contributed by atoms with Crippen LogP contribution in [0.3, 0.4) is 0 Å². The quantitative estimate of drug-likeness (QED) is 0.0797. The second-order valence-electron chi connectivity index (χ2n) is 16.7. The maximum absolute atomic E-state index is 14.4. The van der Waals surface area contributed by atoms with Gasteiger partial charge in [0.15, 0.2) is 5.69 Å². The zero-order valence-electron chi connectivity index (χ0n) is 39.3. The molecule has 416 valence electrons. The third kappa shape index (κ3) is 15.4. The first-order valence-corrected chi connectivity index (χ1v) is 25.9. The standard InChI is InChI=1S/C23H18F6N4O3S.C18H16BrF3N2O3S.C5H4BF3N2O2/c24-16-2-4-18(5-3-16)37(35,36)33-12-17(25)8-20(33)21(34)30-9-14-7-13(1-6-19(14)26)15-10-31-22(32-11-15)23(27,28)29;19-12-1-6-16(22)11(7-12)9-23-18(25)17-8-14(21)10-24(17)28(26,27)15-4-2-13(20)3-5-15;7-5(8,9)3-1-11-4(2-10-3)6(12)13/h1-7,10-11,17,20H,8-9,12H2,(H,30,34);1-7,14,17H,8-10H2,(H,23,25);1-2,12-13H/t17-,20+;14-,17+;/m11./s1. The largest absolute Gasteiger partial charge is 0.509 e. The van der Waals surface area contributed by atoms with E-state index < -0.39 is 137 Å². The molecule has 4 N–H and O–H groups in total. The van der Waals surface area contributed by atoms with Gasteiger partial charge < -0.3 is 20.7 Å². The summed E-state index contributed by atoms with van der Waals surface area (Å²) in [5, 5.41) is 21.8. The molecule has 0 aliphatic carbocycles. The summed E-state index contributed by atoms with van der Waals surface area (Å²) in [5.41, 5.74) is -0.929. The highest BCUT2D eigenvalue weighted by molar-refractivity contribution is 9.10. The highest BCUT2D eigenvalue weighted by Crippen LogP contribution is 2.32. The Morgan fingerprint density at radius 2 is 1.05 bits per heavy atom. The third-order valence-electron chi connectivity index (χ3n) is 11.3. The second-order valence-corrected chi connectivity index (χ2v) is 21.4. The van der Waals surface area contributed by atoms with Crippen LogP contribution in [0.1, 0.15) is 35.5 Å². The van der Waals surface area contributed by atoms with E-state index in [1.807, 2.05) is 0 Å². The summed E-state index contributed by atoms with van der Waals surface area (Å²) in [6.45, 7) is -1.67. The molecule has 0 bridgehead atoms. The molecule has 0 spiro atoms. The molecular weight excluding hydrogens is 1180 g/mol. The lowest BCUT2D eigenvalue weighted by Gasteiger charge is -2.23. The molecule has 32 heteroatoms. The molecule has 2 aromatic heterocycles. The number of aromatic nitrogens is 4. The van der Waals surface area contributed by atoms with E-state index in [2.05, 4.69) is 46.5 Å². The van der Waals surface area contributed by atoms with Gasteiger partial charge in [0.25, 0.3) is 0 Å². The molecule has 0 radical (unpaired) electrons. The zero-order chi connectivity index (χ0) is 57.5. The van der Waals surface area contributed by atoms with Crippen LogP contribution in [0.4, 0.5) is 52.7 Å².